The van der Waals surface area contributed by atoms with Crippen LogP contribution in [0.5, 0.6) is 0 Å². The Hall–Kier alpha value is -1.56. The van der Waals surface area contributed by atoms with E-state index in [0.29, 0.717) is 0 Å². The van der Waals surface area contributed by atoms with E-state index in [1.165, 1.54) is 0 Å². The molecular formula is C15H20. The van der Waals surface area contributed by atoms with E-state index < -0.39 is 0 Å². The Morgan fingerprint density at radius 2 is 1.07 bits per heavy atom. The van der Waals surface area contributed by atoms with Gasteiger partial charge in [-0.25, -0.2) is 0 Å². The lowest BCUT2D eigenvalue weighted by atomic mass is 10.3. The quantitative estimate of drug-likeness (QED) is 0.428. The lowest BCUT2D eigenvalue weighted by molar-refractivity contribution is 1.38. The second-order valence-electron chi connectivity index (χ2n) is 2.91. The molecule has 0 aliphatic carbocycles. The van der Waals surface area contributed by atoms with Crippen LogP contribution in [0.2, 0.25) is 0 Å². The molecule has 0 aromatic rings. The largest absolute Gasteiger partial charge is 0.0914 e. The molecule has 0 nitrogen and oxygen atoms in total. The van der Waals surface area contributed by atoms with Crippen molar-refractivity contribution >= 4 is 0 Å². The highest BCUT2D eigenvalue weighted by Crippen LogP contribution is 1.87. The first kappa shape index (κ1) is 13.4. The highest BCUT2D eigenvalue weighted by molar-refractivity contribution is 5.17. The van der Waals surface area contributed by atoms with Crippen molar-refractivity contribution in [1.29, 1.82) is 0 Å². The Bertz CT molecular complexity index is 283. The molecule has 0 atom stereocenters. The summed E-state index contributed by atoms with van der Waals surface area (Å²) in [5.74, 6) is 0. The van der Waals surface area contributed by atoms with Crippen LogP contribution < -0.4 is 0 Å². The van der Waals surface area contributed by atoms with Crippen molar-refractivity contribution in [2.45, 2.75) is 20.3 Å². The summed E-state index contributed by atoms with van der Waals surface area (Å²) in [6, 6.07) is 0. The summed E-state index contributed by atoms with van der Waals surface area (Å²) in [5.41, 5.74) is 0. The summed E-state index contributed by atoms with van der Waals surface area (Å²) in [4.78, 5) is 0. The van der Waals surface area contributed by atoms with Crippen LogP contribution in [-0.2, 0) is 0 Å². The summed E-state index contributed by atoms with van der Waals surface area (Å²) < 4.78 is 0. The second-order valence-corrected chi connectivity index (χ2v) is 2.91. The standard InChI is InChI=1S/C15H20/c1-3-5-7-9-11-13-15-14-12-10-8-6-4-2/h3-7,9-15H,8H2,1-2H3. The zero-order valence-electron chi connectivity index (χ0n) is 9.64. The number of rotatable bonds is 6. The Kier molecular flexibility index (Phi) is 11.1. The molecule has 0 bridgehead atoms. The molecule has 0 amide bonds. The third kappa shape index (κ3) is 12.4. The summed E-state index contributed by atoms with van der Waals surface area (Å²) in [5, 5.41) is 0. The number of hydrogen-bond acceptors (Lipinski definition) is 0. The van der Waals surface area contributed by atoms with E-state index in [9.17, 15) is 0 Å². The summed E-state index contributed by atoms with van der Waals surface area (Å²) in [6.45, 7) is 4.03. The molecule has 0 heterocycles. The molecule has 15 heavy (non-hydrogen) atoms. The maximum Gasteiger partial charge on any atom is -0.0166 e. The van der Waals surface area contributed by atoms with Crippen LogP contribution in [0.4, 0.5) is 0 Å². The van der Waals surface area contributed by atoms with Gasteiger partial charge in [-0.2, -0.15) is 0 Å². The predicted octanol–water partition coefficient (Wildman–Crippen LogP) is 4.75. The number of hydrogen-bond donors (Lipinski definition) is 0. The van der Waals surface area contributed by atoms with E-state index in [2.05, 4.69) is 24.3 Å². The molecule has 0 aliphatic heterocycles. The van der Waals surface area contributed by atoms with Gasteiger partial charge >= 0.3 is 0 Å². The normalized spacial score (nSPS) is 14.0. The first-order chi connectivity index (χ1) is 7.41. The highest BCUT2D eigenvalue weighted by Gasteiger charge is 1.66. The topological polar surface area (TPSA) is 0 Å². The van der Waals surface area contributed by atoms with Gasteiger partial charge < -0.3 is 0 Å². The Labute approximate surface area is 93.7 Å². The fourth-order valence-electron chi connectivity index (χ4n) is 0.868. The molecule has 0 N–H and O–H groups in total. The third-order valence-electron chi connectivity index (χ3n) is 1.61. The van der Waals surface area contributed by atoms with Crippen molar-refractivity contribution in [3.8, 4) is 0 Å². The van der Waals surface area contributed by atoms with Crippen LogP contribution >= 0.6 is 0 Å². The fraction of sp³-hybridized carbons (Fsp3) is 0.200. The minimum Gasteiger partial charge on any atom is -0.0914 e. The van der Waals surface area contributed by atoms with Crippen LogP contribution in [0.3, 0.4) is 0 Å². The van der Waals surface area contributed by atoms with Gasteiger partial charge in [0.1, 0.15) is 0 Å². The smallest absolute Gasteiger partial charge is 0.0166 e. The second kappa shape index (κ2) is 12.4. The van der Waals surface area contributed by atoms with E-state index >= 15 is 0 Å². The molecule has 0 rings (SSSR count). The van der Waals surface area contributed by atoms with E-state index in [1.54, 1.807) is 0 Å². The van der Waals surface area contributed by atoms with Gasteiger partial charge in [0.2, 0.25) is 0 Å². The minimum absolute atomic E-state index is 1.01. The molecule has 80 valence electrons. The van der Waals surface area contributed by atoms with E-state index in [1.807, 2.05) is 62.5 Å². The monoisotopic (exact) mass is 200 g/mol. The van der Waals surface area contributed by atoms with Crippen LogP contribution in [0.1, 0.15) is 20.3 Å². The maximum absolute atomic E-state index is 2.12. The van der Waals surface area contributed by atoms with Gasteiger partial charge in [0.05, 0.1) is 0 Å². The first-order valence-electron chi connectivity index (χ1n) is 5.30. The molecule has 0 unspecified atom stereocenters. The zero-order valence-corrected chi connectivity index (χ0v) is 9.64. The average Bonchev–Trinajstić information content (AvgIpc) is 2.26. The van der Waals surface area contributed by atoms with Crippen LogP contribution in [0.15, 0.2) is 72.9 Å². The van der Waals surface area contributed by atoms with Gasteiger partial charge in [-0.05, 0) is 20.3 Å². The van der Waals surface area contributed by atoms with E-state index in [0.717, 1.165) is 6.42 Å². The molecule has 0 saturated heterocycles. The molecule has 0 saturated carbocycles. The lowest BCUT2D eigenvalue weighted by Gasteiger charge is -1.77. The van der Waals surface area contributed by atoms with Crippen molar-refractivity contribution in [2.75, 3.05) is 0 Å². The predicted molar refractivity (Wildman–Crippen MR) is 70.8 cm³/mol. The summed E-state index contributed by atoms with van der Waals surface area (Å²) >= 11 is 0. The summed E-state index contributed by atoms with van der Waals surface area (Å²) in [7, 11) is 0. The van der Waals surface area contributed by atoms with Crippen molar-refractivity contribution < 1.29 is 0 Å². The van der Waals surface area contributed by atoms with Crippen LogP contribution in [0.25, 0.3) is 0 Å². The Morgan fingerprint density at radius 3 is 1.60 bits per heavy atom. The van der Waals surface area contributed by atoms with E-state index in [-0.39, 0.29) is 0 Å². The van der Waals surface area contributed by atoms with Crippen molar-refractivity contribution in [3.05, 3.63) is 72.9 Å². The molecule has 0 spiro atoms. The molecule has 0 heteroatoms. The molecule has 0 aliphatic rings. The molecule has 0 fully saturated rings. The van der Waals surface area contributed by atoms with Crippen LogP contribution in [-0.4, -0.2) is 0 Å². The first-order valence-corrected chi connectivity index (χ1v) is 5.30. The minimum atomic E-state index is 1.01. The molecule has 0 aromatic heterocycles. The molecule has 0 aromatic carbocycles. The van der Waals surface area contributed by atoms with Crippen molar-refractivity contribution in [3.63, 3.8) is 0 Å². The van der Waals surface area contributed by atoms with Crippen molar-refractivity contribution in [2.24, 2.45) is 0 Å². The summed E-state index contributed by atoms with van der Waals surface area (Å²) in [6.07, 6.45) is 25.5. The highest BCUT2D eigenvalue weighted by atomic mass is 13.7. The van der Waals surface area contributed by atoms with Crippen LogP contribution in [0, 0.1) is 0 Å². The molecular weight excluding hydrogens is 180 g/mol. The van der Waals surface area contributed by atoms with Gasteiger partial charge in [-0.15, -0.1) is 0 Å². The molecule has 0 radical (unpaired) electrons. The van der Waals surface area contributed by atoms with Gasteiger partial charge in [0.15, 0.2) is 0 Å². The van der Waals surface area contributed by atoms with Gasteiger partial charge in [-0.1, -0.05) is 72.9 Å². The fourth-order valence-corrected chi connectivity index (χ4v) is 0.868. The van der Waals surface area contributed by atoms with Crippen molar-refractivity contribution in [1.82, 2.24) is 0 Å². The lowest BCUT2D eigenvalue weighted by Crippen LogP contribution is -1.56. The SMILES string of the molecule is CC=CC=CC=CC=CC=CCC=CC. The third-order valence-corrected chi connectivity index (χ3v) is 1.61. The Morgan fingerprint density at radius 1 is 0.533 bits per heavy atom. The van der Waals surface area contributed by atoms with E-state index in [4.69, 9.17) is 0 Å². The van der Waals surface area contributed by atoms with Gasteiger partial charge in [-0.3, -0.25) is 0 Å². The Balaban J connectivity index is 3.65. The number of allylic oxidation sites excluding steroid dienone is 12. The van der Waals surface area contributed by atoms with Gasteiger partial charge in [0, 0.05) is 0 Å². The van der Waals surface area contributed by atoms with Gasteiger partial charge in [0.25, 0.3) is 0 Å². The maximum atomic E-state index is 2.12. The zero-order chi connectivity index (χ0) is 11.2. The average molecular weight is 200 g/mol.